The number of carbonyl (C=O) groups is 1. The van der Waals surface area contributed by atoms with Crippen molar-refractivity contribution in [3.05, 3.63) is 29.8 Å². The topological polar surface area (TPSA) is 35.5 Å². The van der Waals surface area contributed by atoms with Gasteiger partial charge in [0, 0.05) is 0 Å². The molecule has 0 aliphatic rings. The Hall–Kier alpha value is -1.24. The van der Waals surface area contributed by atoms with Crippen LogP contribution in [0.2, 0.25) is 0 Å². The fourth-order valence-corrected chi connectivity index (χ4v) is 1.55. The Balaban J connectivity index is 2.67. The van der Waals surface area contributed by atoms with Gasteiger partial charge in [0.15, 0.2) is 0 Å². The molecule has 1 rings (SSSR count). The Bertz CT molecular complexity index is 463. The van der Waals surface area contributed by atoms with Gasteiger partial charge in [-0.25, -0.2) is 4.79 Å². The van der Waals surface area contributed by atoms with E-state index in [1.165, 1.54) is 0 Å². The molecule has 112 valence electrons. The SMILES string of the molecule is CC(C)(C)OC(=O)C(Br)Oc1ccc(C(F)(F)F)cc1. The highest BCUT2D eigenvalue weighted by atomic mass is 79.9. The van der Waals surface area contributed by atoms with Crippen molar-refractivity contribution in [2.45, 2.75) is 37.6 Å². The van der Waals surface area contributed by atoms with E-state index in [1.807, 2.05) is 0 Å². The van der Waals surface area contributed by atoms with Crippen LogP contribution in [-0.4, -0.2) is 16.6 Å². The maximum atomic E-state index is 12.4. The van der Waals surface area contributed by atoms with Gasteiger partial charge in [0.25, 0.3) is 0 Å². The average molecular weight is 355 g/mol. The second-order valence-corrected chi connectivity index (χ2v) is 5.82. The van der Waals surface area contributed by atoms with Crippen LogP contribution in [0.25, 0.3) is 0 Å². The van der Waals surface area contributed by atoms with Gasteiger partial charge in [-0.15, -0.1) is 0 Å². The highest BCUT2D eigenvalue weighted by Crippen LogP contribution is 2.30. The fourth-order valence-electron chi connectivity index (χ4n) is 1.24. The van der Waals surface area contributed by atoms with Crippen molar-refractivity contribution in [3.63, 3.8) is 0 Å². The maximum Gasteiger partial charge on any atom is 0.416 e. The molecule has 0 aromatic heterocycles. The van der Waals surface area contributed by atoms with E-state index in [0.29, 0.717) is 0 Å². The lowest BCUT2D eigenvalue weighted by Gasteiger charge is -2.22. The zero-order chi connectivity index (χ0) is 15.6. The molecule has 0 aliphatic heterocycles. The summed E-state index contributed by atoms with van der Waals surface area (Å²) in [7, 11) is 0. The lowest BCUT2D eigenvalue weighted by molar-refractivity contribution is -0.158. The first kappa shape index (κ1) is 16.8. The number of ether oxygens (including phenoxy) is 2. The van der Waals surface area contributed by atoms with Gasteiger partial charge in [-0.05, 0) is 61.0 Å². The third-order valence-electron chi connectivity index (χ3n) is 2.01. The van der Waals surface area contributed by atoms with Crippen LogP contribution in [0.5, 0.6) is 5.75 Å². The average Bonchev–Trinajstić information content (AvgIpc) is 2.26. The van der Waals surface area contributed by atoms with Crippen molar-refractivity contribution < 1.29 is 27.4 Å². The third-order valence-corrected chi connectivity index (χ3v) is 2.57. The zero-order valence-electron chi connectivity index (χ0n) is 11.1. The minimum absolute atomic E-state index is 0.130. The smallest absolute Gasteiger partial charge is 0.416 e. The van der Waals surface area contributed by atoms with Gasteiger partial charge >= 0.3 is 12.1 Å². The predicted molar refractivity (Wildman–Crippen MR) is 70.6 cm³/mol. The number of hydrogen-bond acceptors (Lipinski definition) is 3. The zero-order valence-corrected chi connectivity index (χ0v) is 12.7. The van der Waals surface area contributed by atoms with E-state index < -0.39 is 28.3 Å². The van der Waals surface area contributed by atoms with E-state index in [-0.39, 0.29) is 5.75 Å². The van der Waals surface area contributed by atoms with Gasteiger partial charge in [0.2, 0.25) is 5.01 Å². The number of alkyl halides is 4. The molecule has 20 heavy (non-hydrogen) atoms. The highest BCUT2D eigenvalue weighted by Gasteiger charge is 2.30. The number of hydrogen-bond donors (Lipinski definition) is 0. The fraction of sp³-hybridized carbons (Fsp3) is 0.462. The van der Waals surface area contributed by atoms with E-state index in [4.69, 9.17) is 9.47 Å². The lowest BCUT2D eigenvalue weighted by atomic mass is 10.2. The van der Waals surface area contributed by atoms with Crippen LogP contribution in [0.15, 0.2) is 24.3 Å². The molecule has 0 saturated carbocycles. The molecule has 0 fully saturated rings. The molecule has 3 nitrogen and oxygen atoms in total. The third kappa shape index (κ3) is 5.40. The number of rotatable bonds is 3. The first-order valence-corrected chi connectivity index (χ1v) is 6.61. The number of halogens is 4. The Morgan fingerprint density at radius 3 is 2.05 bits per heavy atom. The van der Waals surface area contributed by atoms with Crippen LogP contribution < -0.4 is 4.74 Å². The number of carbonyl (C=O) groups excluding carboxylic acids is 1. The van der Waals surface area contributed by atoms with E-state index in [2.05, 4.69) is 15.9 Å². The van der Waals surface area contributed by atoms with Crippen molar-refractivity contribution in [2.24, 2.45) is 0 Å². The first-order chi connectivity index (χ1) is 8.99. The van der Waals surface area contributed by atoms with Gasteiger partial charge in [-0.3, -0.25) is 0 Å². The second-order valence-electron chi connectivity index (χ2n) is 4.99. The first-order valence-electron chi connectivity index (χ1n) is 5.70. The molecule has 0 radical (unpaired) electrons. The van der Waals surface area contributed by atoms with Gasteiger partial charge in [0.05, 0.1) is 5.56 Å². The lowest BCUT2D eigenvalue weighted by Crippen LogP contribution is -2.31. The molecule has 1 aromatic rings. The monoisotopic (exact) mass is 354 g/mol. The Kier molecular flexibility index (Phi) is 5.07. The summed E-state index contributed by atoms with van der Waals surface area (Å²) in [5.74, 6) is -0.525. The van der Waals surface area contributed by atoms with Gasteiger partial charge in [0.1, 0.15) is 11.4 Å². The standard InChI is InChI=1S/C13H14BrF3O3/c1-12(2,3)20-11(18)10(14)19-9-6-4-8(5-7-9)13(15,16)17/h4-7,10H,1-3H3. The highest BCUT2D eigenvalue weighted by molar-refractivity contribution is 9.09. The van der Waals surface area contributed by atoms with Crippen molar-refractivity contribution in [1.82, 2.24) is 0 Å². The molecule has 0 amide bonds. The summed E-state index contributed by atoms with van der Waals surface area (Å²) in [5, 5.41) is -1.08. The largest absolute Gasteiger partial charge is 0.467 e. The minimum atomic E-state index is -4.41. The van der Waals surface area contributed by atoms with Crippen LogP contribution in [-0.2, 0) is 15.7 Å². The van der Waals surface area contributed by atoms with E-state index in [0.717, 1.165) is 24.3 Å². The second kappa shape index (κ2) is 6.03. The van der Waals surface area contributed by atoms with Crippen molar-refractivity contribution in [2.75, 3.05) is 0 Å². The van der Waals surface area contributed by atoms with Crippen LogP contribution in [0.4, 0.5) is 13.2 Å². The van der Waals surface area contributed by atoms with E-state index in [1.54, 1.807) is 20.8 Å². The number of benzene rings is 1. The molecule has 1 unspecified atom stereocenters. The summed E-state index contributed by atoms with van der Waals surface area (Å²) >= 11 is 2.97. The number of esters is 1. The molecule has 1 aromatic carbocycles. The van der Waals surface area contributed by atoms with E-state index >= 15 is 0 Å². The Morgan fingerprint density at radius 2 is 1.65 bits per heavy atom. The maximum absolute atomic E-state index is 12.4. The van der Waals surface area contributed by atoms with Gasteiger partial charge in [-0.2, -0.15) is 13.2 Å². The van der Waals surface area contributed by atoms with Crippen molar-refractivity contribution in [1.29, 1.82) is 0 Å². The van der Waals surface area contributed by atoms with Gasteiger partial charge < -0.3 is 9.47 Å². The van der Waals surface area contributed by atoms with E-state index in [9.17, 15) is 18.0 Å². The summed E-state index contributed by atoms with van der Waals surface area (Å²) in [6.07, 6.45) is -4.41. The molecule has 7 heteroatoms. The molecule has 0 saturated heterocycles. The van der Waals surface area contributed by atoms with Crippen LogP contribution in [0.3, 0.4) is 0 Å². The molecule has 0 spiro atoms. The minimum Gasteiger partial charge on any atom is -0.467 e. The normalized spacial score (nSPS) is 13.8. The summed E-state index contributed by atoms with van der Waals surface area (Å²) in [6, 6.07) is 4.04. The molecule has 0 bridgehead atoms. The summed E-state index contributed by atoms with van der Waals surface area (Å²) < 4.78 is 47.3. The summed E-state index contributed by atoms with van der Waals surface area (Å²) in [6.45, 7) is 5.09. The van der Waals surface area contributed by atoms with Gasteiger partial charge in [-0.1, -0.05) is 0 Å². The van der Waals surface area contributed by atoms with Crippen LogP contribution in [0, 0.1) is 0 Å². The van der Waals surface area contributed by atoms with Crippen LogP contribution in [0.1, 0.15) is 26.3 Å². The molecular formula is C13H14BrF3O3. The van der Waals surface area contributed by atoms with Crippen LogP contribution >= 0.6 is 15.9 Å². The summed E-state index contributed by atoms with van der Waals surface area (Å²) in [5.41, 5.74) is -1.46. The molecule has 0 aliphatic carbocycles. The van der Waals surface area contributed by atoms with Crippen molar-refractivity contribution >= 4 is 21.9 Å². The molecule has 0 heterocycles. The Labute approximate surface area is 123 Å². The summed E-state index contributed by atoms with van der Waals surface area (Å²) in [4.78, 5) is 11.6. The van der Waals surface area contributed by atoms with Crippen molar-refractivity contribution in [3.8, 4) is 5.75 Å². The quantitative estimate of drug-likeness (QED) is 0.604. The Morgan fingerprint density at radius 1 is 1.15 bits per heavy atom. The molecular weight excluding hydrogens is 341 g/mol. The molecule has 0 N–H and O–H groups in total. The predicted octanol–water partition coefficient (Wildman–Crippen LogP) is 4.15. The molecule has 1 atom stereocenters.